The number of para-hydroxylation sites is 1. The van der Waals surface area contributed by atoms with E-state index in [4.69, 9.17) is 19.4 Å². The van der Waals surface area contributed by atoms with Crippen molar-refractivity contribution in [1.82, 2.24) is 15.0 Å². The second-order valence-corrected chi connectivity index (χ2v) is 11.6. The van der Waals surface area contributed by atoms with Crippen LogP contribution in [0.25, 0.3) is 89.1 Å². The average molecular weight is 602 g/mol. The highest BCUT2D eigenvalue weighted by atomic mass is 16.3. The fraction of sp³-hybridized carbons (Fsp3) is 0. The molecule has 47 heavy (non-hydrogen) atoms. The van der Waals surface area contributed by atoms with Gasteiger partial charge >= 0.3 is 0 Å². The molecule has 7 aromatic carbocycles. The number of benzene rings is 7. The molecule has 0 spiro atoms. The van der Waals surface area contributed by atoms with Crippen LogP contribution in [0.15, 0.2) is 168 Å². The lowest BCUT2D eigenvalue weighted by molar-refractivity contribution is 0.669. The predicted octanol–water partition coefficient (Wildman–Crippen LogP) is 11.3. The number of aromatic nitrogens is 3. The molecule has 0 aliphatic rings. The lowest BCUT2D eigenvalue weighted by Crippen LogP contribution is -2.00. The van der Waals surface area contributed by atoms with Gasteiger partial charge in [-0.25, -0.2) is 15.0 Å². The van der Waals surface area contributed by atoms with Gasteiger partial charge in [0.05, 0.1) is 0 Å². The summed E-state index contributed by atoms with van der Waals surface area (Å²) in [7, 11) is 0. The Kier molecular flexibility index (Phi) is 6.43. The molecule has 0 fully saturated rings. The fourth-order valence-electron chi connectivity index (χ4n) is 6.51. The van der Waals surface area contributed by atoms with E-state index in [1.165, 1.54) is 0 Å². The maximum absolute atomic E-state index is 6.39. The van der Waals surface area contributed by atoms with Crippen LogP contribution in [0.3, 0.4) is 0 Å². The minimum atomic E-state index is 0.636. The number of hydrogen-bond donors (Lipinski definition) is 0. The third-order valence-electron chi connectivity index (χ3n) is 8.76. The molecular formula is C43H27N3O. The molecule has 0 N–H and O–H groups in total. The molecule has 9 aromatic rings. The van der Waals surface area contributed by atoms with E-state index in [2.05, 4.69) is 91.0 Å². The summed E-state index contributed by atoms with van der Waals surface area (Å²) in [6, 6.07) is 56.3. The van der Waals surface area contributed by atoms with Crippen LogP contribution in [0.5, 0.6) is 0 Å². The quantitative estimate of drug-likeness (QED) is 0.197. The van der Waals surface area contributed by atoms with Gasteiger partial charge < -0.3 is 4.42 Å². The maximum atomic E-state index is 6.39. The smallest absolute Gasteiger partial charge is 0.164 e. The van der Waals surface area contributed by atoms with Gasteiger partial charge in [-0.3, -0.25) is 0 Å². The SMILES string of the molecule is c1ccc(-c2nc(-c3ccccc3)nc(-c3ccc(-c4cc5oc6ccccc6c5cc4-c4ccccc4)c4ccccc34)n2)cc1. The van der Waals surface area contributed by atoms with Crippen molar-refractivity contribution in [2.75, 3.05) is 0 Å². The Hall–Kier alpha value is -6.39. The highest BCUT2D eigenvalue weighted by Gasteiger charge is 2.19. The Morgan fingerprint density at radius 1 is 0.298 bits per heavy atom. The summed E-state index contributed by atoms with van der Waals surface area (Å²) in [4.78, 5) is 15.0. The summed E-state index contributed by atoms with van der Waals surface area (Å²) in [6.07, 6.45) is 0. The highest BCUT2D eigenvalue weighted by molar-refractivity contribution is 6.12. The van der Waals surface area contributed by atoms with E-state index in [-0.39, 0.29) is 0 Å². The number of hydrogen-bond acceptors (Lipinski definition) is 4. The van der Waals surface area contributed by atoms with Gasteiger partial charge in [0.1, 0.15) is 11.2 Å². The molecule has 4 nitrogen and oxygen atoms in total. The monoisotopic (exact) mass is 601 g/mol. The van der Waals surface area contributed by atoms with Crippen LogP contribution in [0.2, 0.25) is 0 Å². The standard InChI is InChI=1S/C43H27N3O/c1-4-14-28(15-5-1)36-26-38-34-22-12-13-23-39(34)47-40(38)27-37(36)33-24-25-35(32-21-11-10-20-31(32)33)43-45-41(29-16-6-2-7-17-29)44-42(46-43)30-18-8-3-9-19-30/h1-27H. The Morgan fingerprint density at radius 2 is 0.787 bits per heavy atom. The molecule has 0 aliphatic heterocycles. The van der Waals surface area contributed by atoms with E-state index in [0.29, 0.717) is 17.5 Å². The summed E-state index contributed by atoms with van der Waals surface area (Å²) >= 11 is 0. The third-order valence-corrected chi connectivity index (χ3v) is 8.76. The predicted molar refractivity (Wildman–Crippen MR) is 192 cm³/mol. The molecule has 2 heterocycles. The molecule has 0 aliphatic carbocycles. The summed E-state index contributed by atoms with van der Waals surface area (Å²) in [5.74, 6) is 1.92. The Labute approximate surface area is 271 Å². The number of rotatable bonds is 5. The Bertz CT molecular complexity index is 2500. The van der Waals surface area contributed by atoms with E-state index in [1.807, 2.05) is 72.8 Å². The topological polar surface area (TPSA) is 51.8 Å². The molecule has 0 amide bonds. The first-order chi connectivity index (χ1) is 23.3. The highest BCUT2D eigenvalue weighted by Crippen LogP contribution is 2.43. The molecule has 0 unspecified atom stereocenters. The Morgan fingerprint density at radius 3 is 1.43 bits per heavy atom. The Balaban J connectivity index is 1.29. The van der Waals surface area contributed by atoms with Crippen LogP contribution in [0.1, 0.15) is 0 Å². The van der Waals surface area contributed by atoms with Crippen LogP contribution in [0, 0.1) is 0 Å². The van der Waals surface area contributed by atoms with Crippen molar-refractivity contribution in [3.63, 3.8) is 0 Å². The molecule has 220 valence electrons. The molecule has 9 rings (SSSR count). The van der Waals surface area contributed by atoms with E-state index in [9.17, 15) is 0 Å². The van der Waals surface area contributed by atoms with Gasteiger partial charge in [0, 0.05) is 27.5 Å². The lowest BCUT2D eigenvalue weighted by atomic mass is 9.89. The van der Waals surface area contributed by atoms with Crippen molar-refractivity contribution < 1.29 is 4.42 Å². The molecule has 0 saturated carbocycles. The number of nitrogens with zero attached hydrogens (tertiary/aromatic N) is 3. The fourth-order valence-corrected chi connectivity index (χ4v) is 6.51. The third kappa shape index (κ3) is 4.75. The second-order valence-electron chi connectivity index (χ2n) is 11.6. The van der Waals surface area contributed by atoms with Gasteiger partial charge in [0.2, 0.25) is 0 Å². The maximum Gasteiger partial charge on any atom is 0.164 e. The first kappa shape index (κ1) is 27.0. The summed E-state index contributed by atoms with van der Waals surface area (Å²) in [5.41, 5.74) is 9.13. The molecular weight excluding hydrogens is 574 g/mol. The van der Waals surface area contributed by atoms with E-state index < -0.39 is 0 Å². The molecule has 4 heteroatoms. The normalized spacial score (nSPS) is 11.4. The number of furan rings is 1. The van der Waals surface area contributed by atoms with Crippen LogP contribution >= 0.6 is 0 Å². The van der Waals surface area contributed by atoms with Crippen LogP contribution in [-0.2, 0) is 0 Å². The lowest BCUT2D eigenvalue weighted by Gasteiger charge is -2.16. The second kappa shape index (κ2) is 11.2. The summed E-state index contributed by atoms with van der Waals surface area (Å²) in [5, 5.41) is 4.40. The van der Waals surface area contributed by atoms with E-state index >= 15 is 0 Å². The first-order valence-electron chi connectivity index (χ1n) is 15.7. The molecule has 0 radical (unpaired) electrons. The van der Waals surface area contributed by atoms with Crippen LogP contribution in [0.4, 0.5) is 0 Å². The van der Waals surface area contributed by atoms with E-state index in [0.717, 1.165) is 71.7 Å². The van der Waals surface area contributed by atoms with Crippen molar-refractivity contribution in [3.8, 4) is 56.4 Å². The van der Waals surface area contributed by atoms with Crippen LogP contribution in [-0.4, -0.2) is 15.0 Å². The zero-order valence-corrected chi connectivity index (χ0v) is 25.3. The van der Waals surface area contributed by atoms with Gasteiger partial charge in [-0.2, -0.15) is 0 Å². The zero-order valence-electron chi connectivity index (χ0n) is 25.3. The van der Waals surface area contributed by atoms with Gasteiger partial charge in [-0.1, -0.05) is 140 Å². The van der Waals surface area contributed by atoms with Crippen molar-refractivity contribution in [2.24, 2.45) is 0 Å². The van der Waals surface area contributed by atoms with Gasteiger partial charge in [-0.05, 0) is 57.3 Å². The summed E-state index contributed by atoms with van der Waals surface area (Å²) < 4.78 is 6.39. The number of fused-ring (bicyclic) bond motifs is 4. The minimum Gasteiger partial charge on any atom is -0.456 e. The van der Waals surface area contributed by atoms with Gasteiger partial charge in [0.15, 0.2) is 17.5 Å². The zero-order chi connectivity index (χ0) is 31.2. The van der Waals surface area contributed by atoms with Crippen molar-refractivity contribution >= 4 is 32.7 Å². The van der Waals surface area contributed by atoms with E-state index in [1.54, 1.807) is 0 Å². The molecule has 0 saturated heterocycles. The molecule has 0 atom stereocenters. The average Bonchev–Trinajstić information content (AvgIpc) is 3.52. The van der Waals surface area contributed by atoms with Crippen molar-refractivity contribution in [3.05, 3.63) is 164 Å². The van der Waals surface area contributed by atoms with Crippen molar-refractivity contribution in [1.29, 1.82) is 0 Å². The first-order valence-corrected chi connectivity index (χ1v) is 15.7. The minimum absolute atomic E-state index is 0.636. The van der Waals surface area contributed by atoms with Gasteiger partial charge in [-0.15, -0.1) is 0 Å². The van der Waals surface area contributed by atoms with Crippen LogP contribution < -0.4 is 0 Å². The van der Waals surface area contributed by atoms with Crippen molar-refractivity contribution in [2.45, 2.75) is 0 Å². The molecule has 2 aromatic heterocycles. The largest absolute Gasteiger partial charge is 0.456 e. The molecule has 0 bridgehead atoms. The summed E-state index contributed by atoms with van der Waals surface area (Å²) in [6.45, 7) is 0. The van der Waals surface area contributed by atoms with Gasteiger partial charge in [0.25, 0.3) is 0 Å².